The Morgan fingerprint density at radius 1 is 1.32 bits per heavy atom. The lowest BCUT2D eigenvalue weighted by Crippen LogP contribution is -2.42. The first-order valence-corrected chi connectivity index (χ1v) is 7.47. The van der Waals surface area contributed by atoms with Gasteiger partial charge in [0.2, 0.25) is 5.91 Å². The van der Waals surface area contributed by atoms with Crippen LogP contribution in [-0.2, 0) is 4.79 Å². The molecule has 3 rings (SSSR count). The molecule has 1 aliphatic heterocycles. The van der Waals surface area contributed by atoms with Gasteiger partial charge in [-0.3, -0.25) is 4.79 Å². The standard InChI is InChI=1S/C14H15NO3S/c16-13-8-19-12-6-5-9(14(17)18)7-11(12)15(13)10-3-1-2-4-10/h5-7,10H,1-4,8H2,(H,17,18). The third-order valence-corrected chi connectivity index (χ3v) is 4.82. The molecule has 4 nitrogen and oxygen atoms in total. The molecule has 1 fully saturated rings. The highest BCUT2D eigenvalue weighted by molar-refractivity contribution is 8.00. The van der Waals surface area contributed by atoms with Crippen LogP contribution in [0.1, 0.15) is 36.0 Å². The van der Waals surface area contributed by atoms with Crippen LogP contribution in [0, 0.1) is 0 Å². The molecule has 1 N–H and O–H groups in total. The molecule has 0 radical (unpaired) electrons. The maximum absolute atomic E-state index is 12.2. The fourth-order valence-corrected chi connectivity index (χ4v) is 3.75. The number of carboxylic acid groups (broad SMARTS) is 1. The summed E-state index contributed by atoms with van der Waals surface area (Å²) in [7, 11) is 0. The van der Waals surface area contributed by atoms with Crippen molar-refractivity contribution in [1.29, 1.82) is 0 Å². The van der Waals surface area contributed by atoms with Crippen LogP contribution in [-0.4, -0.2) is 28.8 Å². The van der Waals surface area contributed by atoms with E-state index in [0.717, 1.165) is 36.3 Å². The summed E-state index contributed by atoms with van der Waals surface area (Å²) in [6, 6.07) is 5.31. The van der Waals surface area contributed by atoms with Gasteiger partial charge in [-0.15, -0.1) is 11.8 Å². The normalized spacial score (nSPS) is 19.6. The molecular weight excluding hydrogens is 262 g/mol. The summed E-state index contributed by atoms with van der Waals surface area (Å²) in [6.45, 7) is 0. The lowest BCUT2D eigenvalue weighted by Gasteiger charge is -2.34. The zero-order valence-corrected chi connectivity index (χ0v) is 11.3. The molecule has 0 spiro atoms. The van der Waals surface area contributed by atoms with Crippen molar-refractivity contribution in [3.8, 4) is 0 Å². The van der Waals surface area contributed by atoms with Crippen LogP contribution >= 0.6 is 11.8 Å². The summed E-state index contributed by atoms with van der Waals surface area (Å²) < 4.78 is 0. The lowest BCUT2D eigenvalue weighted by molar-refractivity contribution is -0.116. The highest BCUT2D eigenvalue weighted by atomic mass is 32.2. The summed E-state index contributed by atoms with van der Waals surface area (Å²) in [4.78, 5) is 26.1. The Labute approximate surface area is 115 Å². The van der Waals surface area contributed by atoms with Gasteiger partial charge in [-0.05, 0) is 31.0 Å². The van der Waals surface area contributed by atoms with Gasteiger partial charge in [0.05, 0.1) is 17.0 Å². The average Bonchev–Trinajstić information content (AvgIpc) is 2.91. The Morgan fingerprint density at radius 2 is 2.05 bits per heavy atom. The summed E-state index contributed by atoms with van der Waals surface area (Å²) in [5, 5.41) is 9.09. The summed E-state index contributed by atoms with van der Waals surface area (Å²) >= 11 is 1.50. The van der Waals surface area contributed by atoms with E-state index >= 15 is 0 Å². The Bertz CT molecular complexity index is 537. The van der Waals surface area contributed by atoms with Crippen molar-refractivity contribution >= 4 is 29.3 Å². The molecule has 2 aliphatic rings. The molecule has 0 aromatic heterocycles. The van der Waals surface area contributed by atoms with Gasteiger partial charge < -0.3 is 10.0 Å². The monoisotopic (exact) mass is 277 g/mol. The second-order valence-electron chi connectivity index (χ2n) is 4.98. The van der Waals surface area contributed by atoms with Gasteiger partial charge in [-0.2, -0.15) is 0 Å². The van der Waals surface area contributed by atoms with Crippen LogP contribution < -0.4 is 4.90 Å². The number of benzene rings is 1. The van der Waals surface area contributed by atoms with Gasteiger partial charge in [-0.1, -0.05) is 12.8 Å². The molecular formula is C14H15NO3S. The van der Waals surface area contributed by atoms with Crippen LogP contribution in [0.4, 0.5) is 5.69 Å². The van der Waals surface area contributed by atoms with E-state index < -0.39 is 5.97 Å². The molecule has 0 bridgehead atoms. The minimum Gasteiger partial charge on any atom is -0.478 e. The van der Waals surface area contributed by atoms with Gasteiger partial charge in [0.1, 0.15) is 0 Å². The number of rotatable bonds is 2. The van der Waals surface area contributed by atoms with Crippen LogP contribution in [0.25, 0.3) is 0 Å². The van der Waals surface area contributed by atoms with E-state index in [1.807, 2.05) is 11.0 Å². The van der Waals surface area contributed by atoms with Crippen LogP contribution in [0.2, 0.25) is 0 Å². The minimum absolute atomic E-state index is 0.104. The predicted octanol–water partition coefficient (Wildman–Crippen LogP) is 2.77. The topological polar surface area (TPSA) is 57.6 Å². The number of amides is 1. The Kier molecular flexibility index (Phi) is 3.22. The lowest BCUT2D eigenvalue weighted by atomic mass is 10.1. The SMILES string of the molecule is O=C(O)c1ccc2c(c1)N(C1CCCC1)C(=O)CS2. The highest BCUT2D eigenvalue weighted by Crippen LogP contribution is 2.39. The number of carbonyl (C=O) groups is 2. The van der Waals surface area contributed by atoms with Gasteiger partial charge in [0.15, 0.2) is 0 Å². The van der Waals surface area contributed by atoms with Gasteiger partial charge >= 0.3 is 5.97 Å². The van der Waals surface area contributed by atoms with E-state index in [9.17, 15) is 9.59 Å². The van der Waals surface area contributed by atoms with Crippen molar-refractivity contribution in [3.05, 3.63) is 23.8 Å². The molecule has 5 heteroatoms. The third-order valence-electron chi connectivity index (χ3n) is 3.78. The van der Waals surface area contributed by atoms with Gasteiger partial charge in [0.25, 0.3) is 0 Å². The van der Waals surface area contributed by atoms with Crippen LogP contribution in [0.3, 0.4) is 0 Å². The number of hydrogen-bond donors (Lipinski definition) is 1. The maximum atomic E-state index is 12.2. The number of carbonyl (C=O) groups excluding carboxylic acids is 1. The zero-order valence-electron chi connectivity index (χ0n) is 10.5. The maximum Gasteiger partial charge on any atom is 0.335 e. The van der Waals surface area contributed by atoms with Crippen LogP contribution in [0.5, 0.6) is 0 Å². The Morgan fingerprint density at radius 3 is 2.74 bits per heavy atom. The second-order valence-corrected chi connectivity index (χ2v) is 6.00. The number of anilines is 1. The number of nitrogens with zero attached hydrogens (tertiary/aromatic N) is 1. The molecule has 1 aromatic carbocycles. The first kappa shape index (κ1) is 12.5. The van der Waals surface area contributed by atoms with E-state index in [1.165, 1.54) is 11.8 Å². The molecule has 1 heterocycles. The Hall–Kier alpha value is -1.49. The van der Waals surface area contributed by atoms with Crippen molar-refractivity contribution in [1.82, 2.24) is 0 Å². The molecule has 19 heavy (non-hydrogen) atoms. The van der Waals surface area contributed by atoms with E-state index in [1.54, 1.807) is 12.1 Å². The van der Waals surface area contributed by atoms with E-state index in [0.29, 0.717) is 5.75 Å². The smallest absolute Gasteiger partial charge is 0.335 e. The largest absolute Gasteiger partial charge is 0.478 e. The fraction of sp³-hybridized carbons (Fsp3) is 0.429. The van der Waals surface area contributed by atoms with E-state index in [-0.39, 0.29) is 17.5 Å². The van der Waals surface area contributed by atoms with Crippen molar-refractivity contribution < 1.29 is 14.7 Å². The van der Waals surface area contributed by atoms with Crippen molar-refractivity contribution in [2.24, 2.45) is 0 Å². The molecule has 1 saturated carbocycles. The number of carboxylic acids is 1. The number of hydrogen-bond acceptors (Lipinski definition) is 3. The number of thioether (sulfide) groups is 1. The molecule has 0 saturated heterocycles. The summed E-state index contributed by atoms with van der Waals surface area (Å²) in [5.74, 6) is -0.389. The molecule has 100 valence electrons. The predicted molar refractivity (Wildman–Crippen MR) is 73.9 cm³/mol. The van der Waals surface area contributed by atoms with E-state index in [2.05, 4.69) is 0 Å². The van der Waals surface area contributed by atoms with Crippen LogP contribution in [0.15, 0.2) is 23.1 Å². The van der Waals surface area contributed by atoms with E-state index in [4.69, 9.17) is 5.11 Å². The molecule has 0 unspecified atom stereocenters. The summed E-state index contributed by atoms with van der Waals surface area (Å²) in [6.07, 6.45) is 4.34. The highest BCUT2D eigenvalue weighted by Gasteiger charge is 2.32. The molecule has 1 amide bonds. The van der Waals surface area contributed by atoms with Crippen molar-refractivity contribution in [2.45, 2.75) is 36.6 Å². The van der Waals surface area contributed by atoms with Gasteiger partial charge in [0, 0.05) is 10.9 Å². The minimum atomic E-state index is -0.947. The third kappa shape index (κ3) is 2.23. The molecule has 0 atom stereocenters. The van der Waals surface area contributed by atoms with Gasteiger partial charge in [-0.25, -0.2) is 4.79 Å². The summed E-state index contributed by atoms with van der Waals surface area (Å²) in [5.41, 5.74) is 1.03. The zero-order chi connectivity index (χ0) is 13.4. The Balaban J connectivity index is 2.03. The first-order chi connectivity index (χ1) is 9.16. The second kappa shape index (κ2) is 4.89. The fourth-order valence-electron chi connectivity index (χ4n) is 2.87. The molecule has 1 aliphatic carbocycles. The average molecular weight is 277 g/mol. The van der Waals surface area contributed by atoms with Crippen molar-refractivity contribution in [2.75, 3.05) is 10.7 Å². The number of aromatic carboxylic acids is 1. The van der Waals surface area contributed by atoms with Crippen molar-refractivity contribution in [3.63, 3.8) is 0 Å². The molecule has 1 aromatic rings. The number of fused-ring (bicyclic) bond motifs is 1. The quantitative estimate of drug-likeness (QED) is 0.903. The first-order valence-electron chi connectivity index (χ1n) is 6.49.